The van der Waals surface area contributed by atoms with Crippen molar-refractivity contribution in [2.45, 2.75) is 162 Å². The molecule has 0 spiro atoms. The van der Waals surface area contributed by atoms with Gasteiger partial charge in [0.2, 0.25) is 0 Å². The van der Waals surface area contributed by atoms with Gasteiger partial charge in [-0.2, -0.15) is 0 Å². The number of aliphatic hydroxyl groups excluding tert-OH is 6. The summed E-state index contributed by atoms with van der Waals surface area (Å²) < 4.78 is 12.6. The van der Waals surface area contributed by atoms with Crippen LogP contribution in [-0.4, -0.2) is 85.8 Å². The fourth-order valence-corrected chi connectivity index (χ4v) is 11.8. The topological polar surface area (TPSA) is 140 Å². The van der Waals surface area contributed by atoms with E-state index in [0.29, 0.717) is 18.3 Å². The number of hydrogen-bond acceptors (Lipinski definition) is 8. The van der Waals surface area contributed by atoms with Crippen molar-refractivity contribution in [3.63, 3.8) is 0 Å². The van der Waals surface area contributed by atoms with Crippen LogP contribution in [0.5, 0.6) is 0 Å². The van der Waals surface area contributed by atoms with E-state index in [2.05, 4.69) is 61.5 Å². The third-order valence-corrected chi connectivity index (χ3v) is 14.6. The molecule has 44 heavy (non-hydrogen) atoms. The monoisotopic (exact) mass is 622 g/mol. The van der Waals surface area contributed by atoms with Gasteiger partial charge in [0, 0.05) is 0 Å². The van der Waals surface area contributed by atoms with E-state index in [9.17, 15) is 30.6 Å². The lowest BCUT2D eigenvalue weighted by atomic mass is 9.35. The average molecular weight is 623 g/mol. The van der Waals surface area contributed by atoms with Crippen molar-refractivity contribution < 1.29 is 40.1 Å². The number of rotatable bonds is 7. The molecule has 5 aliphatic rings. The van der Waals surface area contributed by atoms with Gasteiger partial charge in [-0.25, -0.2) is 0 Å². The summed E-state index contributed by atoms with van der Waals surface area (Å²) in [5.41, 5.74) is 0.171. The van der Waals surface area contributed by atoms with E-state index in [4.69, 9.17) is 9.47 Å². The number of fused-ring (bicyclic) bond motifs is 5. The molecule has 5 fully saturated rings. The molecule has 5 rings (SSSR count). The summed E-state index contributed by atoms with van der Waals surface area (Å²) in [7, 11) is 0. The first-order valence-corrected chi connectivity index (χ1v) is 17.3. The molecule has 1 aliphatic heterocycles. The predicted octanol–water partition coefficient (Wildman–Crippen LogP) is 4.32. The molecule has 0 unspecified atom stereocenters. The SMILES string of the molecule is CC(C)=CCC[C@](C)(O[C@@H]1O[C@H](CO)[C@@H](O)[C@H](O)[C@H]1O)[C@H]1CC[C@]2(C)[C@H]1[C@H](O)C[C@@H]1[C@@]3(C)CC[C@H](O)C(C)(C)[C@@H]3CC[C@]12C. The summed E-state index contributed by atoms with van der Waals surface area (Å²) in [6, 6.07) is 0. The Bertz CT molecular complexity index is 1070. The van der Waals surface area contributed by atoms with E-state index in [1.165, 1.54) is 5.57 Å². The normalized spacial score (nSPS) is 51.5. The summed E-state index contributed by atoms with van der Waals surface area (Å²) in [5.74, 6) is 0.713. The minimum Gasteiger partial charge on any atom is -0.394 e. The molecule has 8 nitrogen and oxygen atoms in total. The van der Waals surface area contributed by atoms with E-state index in [1.54, 1.807) is 0 Å². The van der Waals surface area contributed by atoms with Gasteiger partial charge in [-0.15, -0.1) is 0 Å². The van der Waals surface area contributed by atoms with Crippen molar-refractivity contribution >= 4 is 0 Å². The van der Waals surface area contributed by atoms with E-state index in [1.807, 2.05) is 0 Å². The van der Waals surface area contributed by atoms with Gasteiger partial charge in [-0.3, -0.25) is 0 Å². The highest BCUT2D eigenvalue weighted by Gasteiger charge is 2.71. The molecule has 15 atom stereocenters. The van der Waals surface area contributed by atoms with Crippen molar-refractivity contribution in [3.8, 4) is 0 Å². The zero-order chi connectivity index (χ0) is 32.6. The lowest BCUT2D eigenvalue weighted by molar-refractivity contribution is -0.336. The van der Waals surface area contributed by atoms with E-state index in [-0.39, 0.29) is 39.6 Å². The molecule has 4 saturated carbocycles. The maximum Gasteiger partial charge on any atom is 0.187 e. The summed E-state index contributed by atoms with van der Waals surface area (Å²) in [6.45, 7) is 17.5. The van der Waals surface area contributed by atoms with E-state index >= 15 is 0 Å². The fourth-order valence-electron chi connectivity index (χ4n) is 11.8. The van der Waals surface area contributed by atoms with Crippen molar-refractivity contribution in [1.29, 1.82) is 0 Å². The molecular weight excluding hydrogens is 560 g/mol. The first-order valence-electron chi connectivity index (χ1n) is 17.3. The molecule has 0 radical (unpaired) electrons. The van der Waals surface area contributed by atoms with Crippen LogP contribution in [-0.2, 0) is 9.47 Å². The lowest BCUT2D eigenvalue weighted by Gasteiger charge is -2.70. The highest BCUT2D eigenvalue weighted by molar-refractivity contribution is 5.20. The van der Waals surface area contributed by atoms with Crippen molar-refractivity contribution in [1.82, 2.24) is 0 Å². The first-order chi connectivity index (χ1) is 20.4. The molecule has 0 aromatic carbocycles. The molecule has 0 bridgehead atoms. The van der Waals surface area contributed by atoms with Gasteiger partial charge in [-0.05, 0) is 124 Å². The molecule has 0 amide bonds. The molecule has 8 heteroatoms. The Hall–Kier alpha value is -0.580. The molecule has 1 saturated heterocycles. The largest absolute Gasteiger partial charge is 0.394 e. The Morgan fingerprint density at radius 1 is 0.864 bits per heavy atom. The van der Waals surface area contributed by atoms with Gasteiger partial charge in [0.15, 0.2) is 6.29 Å². The smallest absolute Gasteiger partial charge is 0.187 e. The molecule has 0 aromatic rings. The number of allylic oxidation sites excluding steroid dienone is 2. The Morgan fingerprint density at radius 3 is 2.16 bits per heavy atom. The Labute approximate surface area is 265 Å². The quantitative estimate of drug-likeness (QED) is 0.231. The van der Waals surface area contributed by atoms with Crippen LogP contribution in [0, 0.1) is 45.3 Å². The van der Waals surface area contributed by atoms with Gasteiger partial charge in [0.05, 0.1) is 24.4 Å². The minimum atomic E-state index is -1.50. The second-order valence-corrected chi connectivity index (χ2v) is 17.3. The molecule has 6 N–H and O–H groups in total. The first kappa shape index (κ1) is 34.7. The highest BCUT2D eigenvalue weighted by Crippen LogP contribution is 2.76. The number of ether oxygens (including phenoxy) is 2. The van der Waals surface area contributed by atoms with Crippen molar-refractivity contribution in [3.05, 3.63) is 11.6 Å². The Morgan fingerprint density at radius 2 is 1.52 bits per heavy atom. The van der Waals surface area contributed by atoms with Gasteiger partial charge in [0.1, 0.15) is 24.4 Å². The van der Waals surface area contributed by atoms with Gasteiger partial charge in [0.25, 0.3) is 0 Å². The summed E-state index contributed by atoms with van der Waals surface area (Å²) >= 11 is 0. The summed E-state index contributed by atoms with van der Waals surface area (Å²) in [4.78, 5) is 0. The van der Waals surface area contributed by atoms with Crippen LogP contribution in [0.4, 0.5) is 0 Å². The Kier molecular flexibility index (Phi) is 9.35. The maximum atomic E-state index is 12.2. The lowest BCUT2D eigenvalue weighted by Crippen LogP contribution is -2.67. The van der Waals surface area contributed by atoms with Crippen LogP contribution in [0.2, 0.25) is 0 Å². The zero-order valence-corrected chi connectivity index (χ0v) is 28.5. The fraction of sp³-hybridized carbons (Fsp3) is 0.944. The second-order valence-electron chi connectivity index (χ2n) is 17.3. The average Bonchev–Trinajstić information content (AvgIpc) is 3.33. The minimum absolute atomic E-state index is 0.0131. The maximum absolute atomic E-state index is 12.2. The van der Waals surface area contributed by atoms with E-state index < -0.39 is 49.0 Å². The number of hydrogen-bond donors (Lipinski definition) is 6. The second kappa shape index (κ2) is 11.8. The highest BCUT2D eigenvalue weighted by atomic mass is 16.7. The van der Waals surface area contributed by atoms with Crippen LogP contribution < -0.4 is 0 Å². The van der Waals surface area contributed by atoms with Crippen molar-refractivity contribution in [2.75, 3.05) is 6.61 Å². The predicted molar refractivity (Wildman–Crippen MR) is 168 cm³/mol. The molecule has 1 heterocycles. The van der Waals surface area contributed by atoms with Gasteiger partial charge >= 0.3 is 0 Å². The van der Waals surface area contributed by atoms with Crippen LogP contribution in [0.1, 0.15) is 113 Å². The van der Waals surface area contributed by atoms with Crippen LogP contribution in [0.25, 0.3) is 0 Å². The van der Waals surface area contributed by atoms with Gasteiger partial charge < -0.3 is 40.1 Å². The van der Waals surface area contributed by atoms with E-state index in [0.717, 1.165) is 51.4 Å². The summed E-state index contributed by atoms with van der Waals surface area (Å²) in [5, 5.41) is 65.0. The third kappa shape index (κ3) is 5.17. The van der Waals surface area contributed by atoms with Crippen LogP contribution >= 0.6 is 0 Å². The molecule has 0 aromatic heterocycles. The van der Waals surface area contributed by atoms with Gasteiger partial charge in [-0.1, -0.05) is 46.3 Å². The van der Waals surface area contributed by atoms with Crippen LogP contribution in [0.15, 0.2) is 11.6 Å². The molecular formula is C36H62O8. The molecule has 254 valence electrons. The molecule has 4 aliphatic carbocycles. The number of aliphatic hydroxyl groups is 6. The van der Waals surface area contributed by atoms with Crippen LogP contribution in [0.3, 0.4) is 0 Å². The summed E-state index contributed by atoms with van der Waals surface area (Å²) in [6.07, 6.45) is 2.60. The standard InChI is InChI=1S/C36H62O8/c1-20(2)10-9-14-36(8,44-31-30(42)29(41)28(40)23(19-37)43-31)21-11-16-35(7)27(21)22(38)18-25-33(5)15-13-26(39)32(3,4)24(33)12-17-34(25,35)6/h10,21-31,37-42H,9,11-19H2,1-8H3/t21-,22+,23+,24-,25+,26-,27+,28+,29-,30+,31-,33-,34+,35+,36-/m0/s1. The zero-order valence-electron chi connectivity index (χ0n) is 28.5. The van der Waals surface area contributed by atoms with Crippen molar-refractivity contribution in [2.24, 2.45) is 45.3 Å². The Balaban J connectivity index is 1.49. The third-order valence-electron chi connectivity index (χ3n) is 14.6.